The van der Waals surface area contributed by atoms with Crippen molar-refractivity contribution >= 4 is 11.8 Å². The molecule has 0 aliphatic heterocycles. The summed E-state index contributed by atoms with van der Waals surface area (Å²) in [6.07, 6.45) is 0.0496. The fourth-order valence-electron chi connectivity index (χ4n) is 1.41. The van der Waals surface area contributed by atoms with Gasteiger partial charge >= 0.3 is 0 Å². The summed E-state index contributed by atoms with van der Waals surface area (Å²) >= 11 is 0. The molecule has 3 N–H and O–H groups in total. The van der Waals surface area contributed by atoms with E-state index in [2.05, 4.69) is 10.6 Å². The molecule has 1 unspecified atom stereocenters. The van der Waals surface area contributed by atoms with Gasteiger partial charge in [0.15, 0.2) is 0 Å². The van der Waals surface area contributed by atoms with Crippen molar-refractivity contribution in [2.75, 3.05) is 7.05 Å². The van der Waals surface area contributed by atoms with E-state index in [1.54, 1.807) is 25.1 Å². The molecule has 0 saturated carbocycles. The molecule has 1 rings (SSSR count). The van der Waals surface area contributed by atoms with Crippen molar-refractivity contribution in [3.05, 3.63) is 29.8 Å². The molecule has 1 atom stereocenters. The lowest BCUT2D eigenvalue weighted by atomic mass is 10.1. The van der Waals surface area contributed by atoms with E-state index in [0.717, 1.165) is 0 Å². The van der Waals surface area contributed by atoms with Crippen molar-refractivity contribution in [2.45, 2.75) is 19.4 Å². The van der Waals surface area contributed by atoms with E-state index in [-0.39, 0.29) is 24.0 Å². The highest BCUT2D eigenvalue weighted by Crippen LogP contribution is 2.15. The molecular formula is C12H16N2O3. The van der Waals surface area contributed by atoms with Crippen molar-refractivity contribution in [2.24, 2.45) is 0 Å². The lowest BCUT2D eigenvalue weighted by Crippen LogP contribution is -2.44. The maximum atomic E-state index is 11.6. The third-order valence-electron chi connectivity index (χ3n) is 2.36. The summed E-state index contributed by atoms with van der Waals surface area (Å²) in [5.41, 5.74) is 0.536. The number of nitrogens with one attached hydrogen (secondary N) is 2. The number of phenolic OH excluding ortho intramolecular Hbond substituents is 1. The van der Waals surface area contributed by atoms with Crippen molar-refractivity contribution in [3.63, 3.8) is 0 Å². The molecule has 2 amide bonds. The summed E-state index contributed by atoms with van der Waals surface area (Å²) in [4.78, 5) is 22.8. The summed E-state index contributed by atoms with van der Waals surface area (Å²) < 4.78 is 0. The Labute approximate surface area is 99.8 Å². The van der Waals surface area contributed by atoms with Gasteiger partial charge in [-0.15, -0.1) is 0 Å². The Morgan fingerprint density at radius 1 is 1.35 bits per heavy atom. The first-order chi connectivity index (χ1) is 8.04. The number of hydrogen-bond donors (Lipinski definition) is 3. The molecule has 17 heavy (non-hydrogen) atoms. The molecule has 0 aliphatic carbocycles. The van der Waals surface area contributed by atoms with E-state index in [1.165, 1.54) is 13.1 Å². The van der Waals surface area contributed by atoms with Gasteiger partial charge in [-0.05, 0) is 13.0 Å². The highest BCUT2D eigenvalue weighted by Gasteiger charge is 2.14. The van der Waals surface area contributed by atoms with Gasteiger partial charge in [-0.2, -0.15) is 0 Å². The van der Waals surface area contributed by atoms with Crippen LogP contribution in [0.2, 0.25) is 0 Å². The zero-order valence-electron chi connectivity index (χ0n) is 9.86. The molecule has 5 heteroatoms. The Morgan fingerprint density at radius 3 is 2.59 bits per heavy atom. The van der Waals surface area contributed by atoms with Crippen molar-refractivity contribution < 1.29 is 14.7 Å². The van der Waals surface area contributed by atoms with Crippen LogP contribution in [0.25, 0.3) is 0 Å². The molecule has 5 nitrogen and oxygen atoms in total. The van der Waals surface area contributed by atoms with E-state index in [9.17, 15) is 14.7 Å². The summed E-state index contributed by atoms with van der Waals surface area (Å²) in [7, 11) is 1.51. The van der Waals surface area contributed by atoms with Crippen LogP contribution in [0.3, 0.4) is 0 Å². The Balaban J connectivity index is 2.56. The second-order valence-corrected chi connectivity index (χ2v) is 3.71. The maximum Gasteiger partial charge on any atom is 0.242 e. The third kappa shape index (κ3) is 3.79. The number of rotatable bonds is 4. The quantitative estimate of drug-likeness (QED) is 0.698. The van der Waals surface area contributed by atoms with Gasteiger partial charge < -0.3 is 15.7 Å². The Hall–Kier alpha value is -2.04. The first kappa shape index (κ1) is 13.0. The molecule has 0 heterocycles. The molecule has 0 fully saturated rings. The number of benzene rings is 1. The first-order valence-electron chi connectivity index (χ1n) is 5.32. The smallest absolute Gasteiger partial charge is 0.242 e. The molecule has 0 spiro atoms. The topological polar surface area (TPSA) is 78.4 Å². The van der Waals surface area contributed by atoms with Crippen LogP contribution in [0.1, 0.15) is 12.5 Å². The van der Waals surface area contributed by atoms with E-state index in [1.807, 2.05) is 0 Å². The van der Waals surface area contributed by atoms with Crippen LogP contribution in [0.15, 0.2) is 24.3 Å². The molecular weight excluding hydrogens is 220 g/mol. The number of likely N-dealkylation sites (N-methyl/N-ethyl adjacent to an activating group) is 1. The molecule has 1 aromatic rings. The van der Waals surface area contributed by atoms with E-state index in [0.29, 0.717) is 5.56 Å². The van der Waals surface area contributed by atoms with Gasteiger partial charge in [0.2, 0.25) is 11.8 Å². The Bertz CT molecular complexity index is 418. The molecule has 0 saturated heterocycles. The van der Waals surface area contributed by atoms with Gasteiger partial charge in [0.05, 0.1) is 6.42 Å². The average Bonchev–Trinajstić information content (AvgIpc) is 2.31. The van der Waals surface area contributed by atoms with Gasteiger partial charge in [-0.3, -0.25) is 9.59 Å². The minimum Gasteiger partial charge on any atom is -0.508 e. The zero-order valence-corrected chi connectivity index (χ0v) is 9.86. The number of aromatic hydroxyl groups is 1. The number of para-hydroxylation sites is 1. The van der Waals surface area contributed by atoms with Crippen LogP contribution in [0, 0.1) is 0 Å². The van der Waals surface area contributed by atoms with Crippen LogP contribution in [0.5, 0.6) is 5.75 Å². The van der Waals surface area contributed by atoms with Crippen molar-refractivity contribution in [3.8, 4) is 5.75 Å². The Kier molecular flexibility index (Phi) is 4.51. The fraction of sp³-hybridized carbons (Fsp3) is 0.333. The average molecular weight is 236 g/mol. The van der Waals surface area contributed by atoms with Crippen LogP contribution in [0.4, 0.5) is 0 Å². The predicted octanol–water partition coefficient (Wildman–Crippen LogP) is 0.185. The highest BCUT2D eigenvalue weighted by atomic mass is 16.3. The van der Waals surface area contributed by atoms with Gasteiger partial charge in [0.25, 0.3) is 0 Å². The number of carbonyl (C=O) groups excluding carboxylic acids is 2. The summed E-state index contributed by atoms with van der Waals surface area (Å²) in [5, 5.41) is 14.5. The van der Waals surface area contributed by atoms with Gasteiger partial charge in [0, 0.05) is 12.6 Å². The zero-order chi connectivity index (χ0) is 12.8. The van der Waals surface area contributed by atoms with Crippen LogP contribution < -0.4 is 10.6 Å². The second-order valence-electron chi connectivity index (χ2n) is 3.71. The van der Waals surface area contributed by atoms with E-state index in [4.69, 9.17) is 0 Å². The lowest BCUT2D eigenvalue weighted by Gasteiger charge is -2.12. The van der Waals surface area contributed by atoms with Gasteiger partial charge in [-0.25, -0.2) is 0 Å². The SMILES string of the molecule is CNC(=O)C(C)NC(=O)Cc1ccccc1O. The molecule has 0 bridgehead atoms. The molecule has 0 aromatic heterocycles. The Morgan fingerprint density at radius 2 is 2.00 bits per heavy atom. The first-order valence-corrected chi connectivity index (χ1v) is 5.32. The minimum atomic E-state index is -0.585. The lowest BCUT2D eigenvalue weighted by molar-refractivity contribution is -0.128. The molecule has 92 valence electrons. The highest BCUT2D eigenvalue weighted by molar-refractivity contribution is 5.88. The van der Waals surface area contributed by atoms with E-state index >= 15 is 0 Å². The van der Waals surface area contributed by atoms with Crippen LogP contribution in [-0.4, -0.2) is 30.0 Å². The number of amides is 2. The predicted molar refractivity (Wildman–Crippen MR) is 63.5 cm³/mol. The fourth-order valence-corrected chi connectivity index (χ4v) is 1.41. The van der Waals surface area contributed by atoms with Crippen LogP contribution in [-0.2, 0) is 16.0 Å². The standard InChI is InChI=1S/C12H16N2O3/c1-8(12(17)13-2)14-11(16)7-9-5-3-4-6-10(9)15/h3-6,8,15H,7H2,1-2H3,(H,13,17)(H,14,16). The van der Waals surface area contributed by atoms with Gasteiger partial charge in [-0.1, -0.05) is 18.2 Å². The number of hydrogen-bond acceptors (Lipinski definition) is 3. The number of carbonyl (C=O) groups is 2. The van der Waals surface area contributed by atoms with Crippen LogP contribution >= 0.6 is 0 Å². The molecule has 0 aliphatic rings. The van der Waals surface area contributed by atoms with Gasteiger partial charge in [0.1, 0.15) is 11.8 Å². The van der Waals surface area contributed by atoms with Crippen molar-refractivity contribution in [1.29, 1.82) is 0 Å². The van der Waals surface area contributed by atoms with E-state index < -0.39 is 6.04 Å². The minimum absolute atomic E-state index is 0.0496. The molecule has 0 radical (unpaired) electrons. The largest absolute Gasteiger partial charge is 0.508 e. The number of phenols is 1. The molecule has 1 aromatic carbocycles. The summed E-state index contributed by atoms with van der Waals surface area (Å²) in [6.45, 7) is 1.60. The summed E-state index contributed by atoms with van der Waals surface area (Å²) in [6, 6.07) is 6.02. The summed E-state index contributed by atoms with van der Waals surface area (Å²) in [5.74, 6) is -0.478. The second kappa shape index (κ2) is 5.89. The van der Waals surface area contributed by atoms with Crippen molar-refractivity contribution in [1.82, 2.24) is 10.6 Å². The maximum absolute atomic E-state index is 11.6. The normalized spacial score (nSPS) is 11.6. The monoisotopic (exact) mass is 236 g/mol. The third-order valence-corrected chi connectivity index (χ3v) is 2.36.